The second-order valence-electron chi connectivity index (χ2n) is 5.89. The zero-order valence-electron chi connectivity index (χ0n) is 13.9. The maximum atomic E-state index is 6.49. The Morgan fingerprint density at radius 2 is 1.89 bits per heavy atom. The molecule has 0 spiro atoms. The molecule has 0 N–H and O–H groups in total. The summed E-state index contributed by atoms with van der Waals surface area (Å²) in [6.45, 7) is 0.339. The number of halogens is 1. The van der Waals surface area contributed by atoms with Crippen LogP contribution in [0, 0.1) is 0 Å². The van der Waals surface area contributed by atoms with E-state index in [1.807, 2.05) is 42.5 Å². The van der Waals surface area contributed by atoms with E-state index in [9.17, 15) is 0 Å². The normalized spacial score (nSPS) is 16.0. The molecule has 1 aliphatic rings. The van der Waals surface area contributed by atoms with Crippen LogP contribution in [-0.2, 0) is 5.75 Å². The number of benzene rings is 2. The molecular formula is C19H13ClN2O3S2. The lowest BCUT2D eigenvalue weighted by Gasteiger charge is -2.23. The first-order chi connectivity index (χ1) is 13.3. The number of thiophene rings is 1. The van der Waals surface area contributed by atoms with Gasteiger partial charge in [-0.15, -0.1) is 21.5 Å². The molecule has 1 unspecified atom stereocenters. The molecule has 2 aromatic carbocycles. The van der Waals surface area contributed by atoms with Gasteiger partial charge in [-0.3, -0.25) is 0 Å². The fraction of sp³-hybridized carbons (Fsp3) is 0.158. The van der Waals surface area contributed by atoms with Crippen LogP contribution in [0.25, 0.3) is 10.1 Å². The first kappa shape index (κ1) is 16.9. The molecule has 136 valence electrons. The smallest absolute Gasteiger partial charge is 0.277 e. The molecule has 0 radical (unpaired) electrons. The number of fused-ring (bicyclic) bond motifs is 2. The van der Waals surface area contributed by atoms with Crippen LogP contribution < -0.4 is 9.47 Å². The first-order valence-electron chi connectivity index (χ1n) is 8.28. The summed E-state index contributed by atoms with van der Waals surface area (Å²) in [4.78, 5) is 1.09. The van der Waals surface area contributed by atoms with Gasteiger partial charge in [0.2, 0.25) is 6.10 Å². The van der Waals surface area contributed by atoms with E-state index in [0.717, 1.165) is 21.0 Å². The molecule has 0 saturated heterocycles. The Balaban J connectivity index is 1.29. The van der Waals surface area contributed by atoms with Crippen molar-refractivity contribution < 1.29 is 13.9 Å². The molecule has 8 heteroatoms. The van der Waals surface area contributed by atoms with Gasteiger partial charge in [-0.25, -0.2) is 0 Å². The highest BCUT2D eigenvalue weighted by Gasteiger charge is 2.27. The van der Waals surface area contributed by atoms with E-state index in [1.54, 1.807) is 11.3 Å². The Hall–Kier alpha value is -2.22. The zero-order valence-corrected chi connectivity index (χ0v) is 16.3. The summed E-state index contributed by atoms with van der Waals surface area (Å²) in [6.07, 6.45) is -0.408. The summed E-state index contributed by atoms with van der Waals surface area (Å²) in [7, 11) is 0. The standard InChI is InChI=1S/C19H13ClN2O3S2/c20-17-11-5-1-4-8-15(11)27-16(17)10-26-19-22-21-18(25-19)14-9-23-12-6-2-3-7-13(12)24-14/h1-8,14H,9-10H2. The summed E-state index contributed by atoms with van der Waals surface area (Å²) >= 11 is 9.64. The van der Waals surface area contributed by atoms with Gasteiger partial charge in [0.15, 0.2) is 11.5 Å². The van der Waals surface area contributed by atoms with Crippen molar-refractivity contribution in [2.75, 3.05) is 6.61 Å². The Morgan fingerprint density at radius 3 is 2.78 bits per heavy atom. The molecule has 0 saturated carbocycles. The number of nitrogens with zero attached hydrogens (tertiary/aromatic N) is 2. The zero-order chi connectivity index (χ0) is 18.2. The van der Waals surface area contributed by atoms with Crippen molar-refractivity contribution in [2.45, 2.75) is 17.1 Å². The van der Waals surface area contributed by atoms with E-state index in [-0.39, 0.29) is 0 Å². The van der Waals surface area contributed by atoms with Crippen molar-refractivity contribution in [3.05, 3.63) is 64.3 Å². The predicted molar refractivity (Wildman–Crippen MR) is 106 cm³/mol. The van der Waals surface area contributed by atoms with E-state index in [1.165, 1.54) is 16.5 Å². The van der Waals surface area contributed by atoms with E-state index in [0.29, 0.717) is 29.2 Å². The minimum Gasteiger partial charge on any atom is -0.485 e. The Morgan fingerprint density at radius 1 is 1.07 bits per heavy atom. The van der Waals surface area contributed by atoms with E-state index < -0.39 is 6.10 Å². The Bertz CT molecular complexity index is 1110. The molecule has 5 rings (SSSR count). The predicted octanol–water partition coefficient (Wildman–Crippen LogP) is 5.74. The van der Waals surface area contributed by atoms with Gasteiger partial charge < -0.3 is 13.9 Å². The SMILES string of the molecule is Clc1c(CSc2nnc(C3COc4ccccc4O3)o2)sc2ccccc12. The number of thioether (sulfide) groups is 1. The average Bonchev–Trinajstić information content (AvgIpc) is 3.31. The van der Waals surface area contributed by atoms with E-state index in [4.69, 9.17) is 25.5 Å². The van der Waals surface area contributed by atoms with Crippen molar-refractivity contribution in [1.82, 2.24) is 10.2 Å². The van der Waals surface area contributed by atoms with Crippen molar-refractivity contribution >= 4 is 44.8 Å². The molecule has 0 bridgehead atoms. The van der Waals surface area contributed by atoms with Gasteiger partial charge in [0, 0.05) is 20.7 Å². The van der Waals surface area contributed by atoms with E-state index >= 15 is 0 Å². The summed E-state index contributed by atoms with van der Waals surface area (Å²) in [5, 5.41) is 10.6. The lowest BCUT2D eigenvalue weighted by Crippen LogP contribution is -2.21. The van der Waals surface area contributed by atoms with Crippen LogP contribution in [0.1, 0.15) is 16.9 Å². The third-order valence-corrected chi connectivity index (χ3v) is 6.88. The van der Waals surface area contributed by atoms with Crippen molar-refractivity contribution in [1.29, 1.82) is 0 Å². The summed E-state index contributed by atoms with van der Waals surface area (Å²) < 4.78 is 18.6. The van der Waals surface area contributed by atoms with Crippen molar-refractivity contribution in [2.24, 2.45) is 0 Å². The molecule has 0 fully saturated rings. The summed E-state index contributed by atoms with van der Waals surface area (Å²) in [5.41, 5.74) is 0. The minimum absolute atomic E-state index is 0.339. The van der Waals surface area contributed by atoms with Crippen molar-refractivity contribution in [3.63, 3.8) is 0 Å². The first-order valence-corrected chi connectivity index (χ1v) is 10.5. The fourth-order valence-corrected chi connectivity index (χ4v) is 5.26. The van der Waals surface area contributed by atoms with Gasteiger partial charge in [-0.2, -0.15) is 0 Å². The molecule has 2 aromatic heterocycles. The van der Waals surface area contributed by atoms with Crippen LogP contribution in [-0.4, -0.2) is 16.8 Å². The lowest BCUT2D eigenvalue weighted by molar-refractivity contribution is 0.0686. The Labute approximate surface area is 168 Å². The van der Waals surface area contributed by atoms with Gasteiger partial charge in [0.05, 0.1) is 5.02 Å². The average molecular weight is 417 g/mol. The molecule has 0 amide bonds. The van der Waals surface area contributed by atoms with Gasteiger partial charge in [-0.1, -0.05) is 53.7 Å². The molecule has 1 aliphatic heterocycles. The third kappa shape index (κ3) is 3.26. The third-order valence-electron chi connectivity index (χ3n) is 4.13. The minimum atomic E-state index is -0.408. The molecule has 5 nitrogen and oxygen atoms in total. The molecule has 27 heavy (non-hydrogen) atoms. The van der Waals surface area contributed by atoms with Gasteiger partial charge >= 0.3 is 0 Å². The maximum absolute atomic E-state index is 6.49. The molecule has 0 aliphatic carbocycles. The van der Waals surface area contributed by atoms with Crippen LogP contribution in [0.15, 0.2) is 58.2 Å². The fourth-order valence-electron chi connectivity index (χ4n) is 2.83. The molecule has 1 atom stereocenters. The van der Waals surface area contributed by atoms with Crippen LogP contribution >= 0.6 is 34.7 Å². The van der Waals surface area contributed by atoms with Gasteiger partial charge in [-0.05, 0) is 18.2 Å². The van der Waals surface area contributed by atoms with Crippen LogP contribution in [0.4, 0.5) is 0 Å². The highest BCUT2D eigenvalue weighted by molar-refractivity contribution is 7.98. The van der Waals surface area contributed by atoms with Gasteiger partial charge in [0.1, 0.15) is 6.61 Å². The summed E-state index contributed by atoms with van der Waals surface area (Å²) in [5.74, 6) is 2.49. The number of hydrogen-bond acceptors (Lipinski definition) is 7. The largest absolute Gasteiger partial charge is 0.485 e. The second-order valence-corrected chi connectivity index (χ2v) is 8.34. The van der Waals surface area contributed by atoms with Crippen LogP contribution in [0.3, 0.4) is 0 Å². The Kier molecular flexibility index (Phi) is 4.43. The highest BCUT2D eigenvalue weighted by atomic mass is 35.5. The monoisotopic (exact) mass is 416 g/mol. The quantitative estimate of drug-likeness (QED) is 0.395. The number of ether oxygens (including phenoxy) is 2. The highest BCUT2D eigenvalue weighted by Crippen LogP contribution is 2.39. The second kappa shape index (κ2) is 7.07. The van der Waals surface area contributed by atoms with Crippen LogP contribution in [0.2, 0.25) is 5.02 Å². The summed E-state index contributed by atoms with van der Waals surface area (Å²) in [6, 6.07) is 15.6. The topological polar surface area (TPSA) is 57.4 Å². The number of para-hydroxylation sites is 2. The van der Waals surface area contributed by atoms with Gasteiger partial charge in [0.25, 0.3) is 11.1 Å². The number of hydrogen-bond donors (Lipinski definition) is 0. The number of rotatable bonds is 4. The van der Waals surface area contributed by atoms with Crippen molar-refractivity contribution in [3.8, 4) is 11.5 Å². The molecular weight excluding hydrogens is 404 g/mol. The van der Waals surface area contributed by atoms with Crippen LogP contribution in [0.5, 0.6) is 11.5 Å². The maximum Gasteiger partial charge on any atom is 0.277 e. The number of aromatic nitrogens is 2. The molecule has 4 aromatic rings. The lowest BCUT2D eigenvalue weighted by atomic mass is 10.2. The van der Waals surface area contributed by atoms with E-state index in [2.05, 4.69) is 16.3 Å². The molecule has 3 heterocycles.